The zero-order valence-electron chi connectivity index (χ0n) is 14.5. The van der Waals surface area contributed by atoms with E-state index in [0.29, 0.717) is 52.4 Å². The second kappa shape index (κ2) is 10.1. The van der Waals surface area contributed by atoms with Crippen LogP contribution in [0.5, 0.6) is 0 Å². The zero-order chi connectivity index (χ0) is 18.2. The fraction of sp³-hybridized carbons (Fsp3) is 1.00. The molecule has 0 aromatic heterocycles. The molecular formula is C14H28N2O7S2. The molecule has 0 N–H and O–H groups in total. The minimum atomic E-state index is -4.07. The summed E-state index contributed by atoms with van der Waals surface area (Å²) < 4.78 is 62.4. The normalized spacial score (nSPS) is 21.4. The molecule has 0 aliphatic carbocycles. The lowest BCUT2D eigenvalue weighted by atomic mass is 10.4. The molecule has 25 heavy (non-hydrogen) atoms. The highest BCUT2D eigenvalue weighted by Crippen LogP contribution is 2.08. The van der Waals surface area contributed by atoms with Gasteiger partial charge in [0, 0.05) is 26.2 Å². The average molecular weight is 401 g/mol. The molecule has 0 saturated carbocycles. The fourth-order valence-electron chi connectivity index (χ4n) is 2.81. The van der Waals surface area contributed by atoms with Gasteiger partial charge in [-0.15, -0.1) is 3.63 Å². The van der Waals surface area contributed by atoms with E-state index >= 15 is 0 Å². The lowest BCUT2D eigenvalue weighted by Crippen LogP contribution is -2.37. The number of hydrogen-bond acceptors (Lipinski definition) is 9. The second-order valence-corrected chi connectivity index (χ2v) is 9.80. The third-order valence-electron chi connectivity index (χ3n) is 4.15. The zero-order valence-corrected chi connectivity index (χ0v) is 16.1. The Hall–Kier alpha value is -0.300. The van der Waals surface area contributed by atoms with E-state index in [1.165, 1.54) is 0 Å². The van der Waals surface area contributed by atoms with Gasteiger partial charge in [-0.1, -0.05) is 0 Å². The van der Waals surface area contributed by atoms with Crippen molar-refractivity contribution >= 4 is 20.2 Å². The highest BCUT2D eigenvalue weighted by Gasteiger charge is 2.23. The highest BCUT2D eigenvalue weighted by atomic mass is 32.3. The van der Waals surface area contributed by atoms with E-state index in [9.17, 15) is 16.8 Å². The Balaban J connectivity index is 1.66. The molecule has 0 amide bonds. The molecule has 2 fully saturated rings. The molecule has 148 valence electrons. The third-order valence-corrected chi connectivity index (χ3v) is 7.39. The quantitative estimate of drug-likeness (QED) is 0.462. The van der Waals surface area contributed by atoms with Crippen molar-refractivity contribution in [2.75, 3.05) is 77.2 Å². The van der Waals surface area contributed by atoms with E-state index in [0.717, 1.165) is 26.2 Å². The van der Waals surface area contributed by atoms with Crippen LogP contribution < -0.4 is 0 Å². The molecule has 0 unspecified atom stereocenters. The van der Waals surface area contributed by atoms with Crippen LogP contribution in [-0.2, 0) is 33.3 Å². The molecule has 0 aromatic carbocycles. The summed E-state index contributed by atoms with van der Waals surface area (Å²) in [6.07, 6.45) is 0.678. The molecular weight excluding hydrogens is 372 g/mol. The second-order valence-electron chi connectivity index (χ2n) is 6.21. The topological polar surface area (TPSA) is 102 Å². The van der Waals surface area contributed by atoms with Gasteiger partial charge in [-0.3, -0.25) is 9.80 Å². The fourth-order valence-corrected chi connectivity index (χ4v) is 5.58. The van der Waals surface area contributed by atoms with E-state index in [-0.39, 0.29) is 11.5 Å². The largest absolute Gasteiger partial charge is 0.379 e. The van der Waals surface area contributed by atoms with Gasteiger partial charge >= 0.3 is 0 Å². The summed E-state index contributed by atoms with van der Waals surface area (Å²) in [5.41, 5.74) is 0. The molecule has 0 bridgehead atoms. The van der Waals surface area contributed by atoms with Crippen molar-refractivity contribution in [2.24, 2.45) is 0 Å². The first-order chi connectivity index (χ1) is 11.9. The Kier molecular flexibility index (Phi) is 8.52. The van der Waals surface area contributed by atoms with Crippen molar-refractivity contribution in [3.05, 3.63) is 0 Å². The smallest absolute Gasteiger partial charge is 0.281 e. The van der Waals surface area contributed by atoms with Gasteiger partial charge in [0.1, 0.15) is 0 Å². The first-order valence-corrected chi connectivity index (χ1v) is 11.8. The van der Waals surface area contributed by atoms with Gasteiger partial charge in [-0.2, -0.15) is 16.8 Å². The van der Waals surface area contributed by atoms with Crippen LogP contribution >= 0.6 is 0 Å². The Morgan fingerprint density at radius 3 is 1.40 bits per heavy atom. The standard InChI is InChI=1S/C14H28N2O7S2/c17-24(18,13-1-3-15-5-9-21-10-6-15)23-25(19,20)14-2-4-16-7-11-22-12-8-16/h1-14H2. The molecule has 2 aliphatic rings. The van der Waals surface area contributed by atoms with E-state index < -0.39 is 20.2 Å². The Labute approximate surface area is 150 Å². The summed E-state index contributed by atoms with van der Waals surface area (Å²) in [5.74, 6) is -0.597. The van der Waals surface area contributed by atoms with Gasteiger partial charge in [0.25, 0.3) is 20.2 Å². The molecule has 2 saturated heterocycles. The van der Waals surface area contributed by atoms with Gasteiger partial charge in [0.05, 0.1) is 37.9 Å². The van der Waals surface area contributed by atoms with Crippen LogP contribution in [0.2, 0.25) is 0 Å². The first-order valence-electron chi connectivity index (χ1n) is 8.63. The van der Waals surface area contributed by atoms with Crippen molar-refractivity contribution < 1.29 is 29.9 Å². The van der Waals surface area contributed by atoms with Gasteiger partial charge < -0.3 is 9.47 Å². The first kappa shape index (κ1) is 21.0. The maximum absolute atomic E-state index is 11.9. The number of nitrogens with zero attached hydrogens (tertiary/aromatic N) is 2. The van der Waals surface area contributed by atoms with Gasteiger partial charge in [0.15, 0.2) is 0 Å². The Bertz CT molecular complexity index is 530. The van der Waals surface area contributed by atoms with Crippen LogP contribution in [0.25, 0.3) is 0 Å². The third kappa shape index (κ3) is 8.76. The molecule has 2 heterocycles. The highest BCUT2D eigenvalue weighted by molar-refractivity contribution is 7.99. The minimum absolute atomic E-state index is 0.299. The summed E-state index contributed by atoms with van der Waals surface area (Å²) >= 11 is 0. The summed E-state index contributed by atoms with van der Waals surface area (Å²) in [6, 6.07) is 0. The van der Waals surface area contributed by atoms with Crippen molar-refractivity contribution in [3.63, 3.8) is 0 Å². The molecule has 2 rings (SSSR count). The van der Waals surface area contributed by atoms with Gasteiger partial charge in [0.2, 0.25) is 0 Å². The Morgan fingerprint density at radius 2 is 1.04 bits per heavy atom. The monoisotopic (exact) mass is 400 g/mol. The summed E-state index contributed by atoms with van der Waals surface area (Å²) in [5, 5.41) is 0. The van der Waals surface area contributed by atoms with Crippen LogP contribution in [0, 0.1) is 0 Å². The van der Waals surface area contributed by atoms with Crippen LogP contribution in [0.4, 0.5) is 0 Å². The summed E-state index contributed by atoms with van der Waals surface area (Å²) in [7, 11) is -8.15. The molecule has 0 aromatic rings. The van der Waals surface area contributed by atoms with Crippen LogP contribution in [0.3, 0.4) is 0 Å². The van der Waals surface area contributed by atoms with Crippen molar-refractivity contribution in [1.82, 2.24) is 9.80 Å². The SMILES string of the molecule is O=S(=O)(CCCN1CCOCC1)OS(=O)(=O)CCCN1CCOCC1. The van der Waals surface area contributed by atoms with Crippen LogP contribution in [0.15, 0.2) is 0 Å². The van der Waals surface area contributed by atoms with Gasteiger partial charge in [-0.05, 0) is 25.9 Å². The predicted molar refractivity (Wildman–Crippen MR) is 92.4 cm³/mol. The minimum Gasteiger partial charge on any atom is -0.379 e. The molecule has 0 atom stereocenters. The van der Waals surface area contributed by atoms with E-state index in [2.05, 4.69) is 13.4 Å². The van der Waals surface area contributed by atoms with Crippen LogP contribution in [0.1, 0.15) is 12.8 Å². The number of rotatable bonds is 10. The maximum atomic E-state index is 11.9. The van der Waals surface area contributed by atoms with Crippen LogP contribution in [-0.4, -0.2) is 104 Å². The maximum Gasteiger partial charge on any atom is 0.281 e. The van der Waals surface area contributed by atoms with Crippen molar-refractivity contribution in [1.29, 1.82) is 0 Å². The molecule has 0 radical (unpaired) electrons. The van der Waals surface area contributed by atoms with Crippen molar-refractivity contribution in [3.8, 4) is 0 Å². The van der Waals surface area contributed by atoms with Crippen molar-refractivity contribution in [2.45, 2.75) is 12.8 Å². The molecule has 2 aliphatic heterocycles. The lowest BCUT2D eigenvalue weighted by Gasteiger charge is -2.26. The molecule has 9 nitrogen and oxygen atoms in total. The predicted octanol–water partition coefficient (Wildman–Crippen LogP) is -0.893. The van der Waals surface area contributed by atoms with E-state index in [1.807, 2.05) is 0 Å². The van der Waals surface area contributed by atoms with E-state index in [1.54, 1.807) is 0 Å². The van der Waals surface area contributed by atoms with Gasteiger partial charge in [-0.25, -0.2) is 0 Å². The van der Waals surface area contributed by atoms with E-state index in [4.69, 9.17) is 9.47 Å². The number of ether oxygens (including phenoxy) is 2. The summed E-state index contributed by atoms with van der Waals surface area (Å²) in [6.45, 7) is 6.79. The summed E-state index contributed by atoms with van der Waals surface area (Å²) in [4.78, 5) is 4.19. The Morgan fingerprint density at radius 1 is 0.680 bits per heavy atom. The number of hydrogen-bond donors (Lipinski definition) is 0. The lowest BCUT2D eigenvalue weighted by molar-refractivity contribution is 0.0380. The molecule has 0 spiro atoms. The average Bonchev–Trinajstić information content (AvgIpc) is 2.55. The molecule has 11 heteroatoms. The number of morpholine rings is 2.